The lowest BCUT2D eigenvalue weighted by Crippen LogP contribution is -2.30. The zero-order valence-electron chi connectivity index (χ0n) is 17.4. The lowest BCUT2D eigenvalue weighted by Gasteiger charge is -2.17. The number of anilines is 1. The van der Waals surface area contributed by atoms with Gasteiger partial charge in [-0.05, 0) is 36.3 Å². The van der Waals surface area contributed by atoms with Crippen molar-refractivity contribution < 1.29 is 14.3 Å². The fourth-order valence-electron chi connectivity index (χ4n) is 3.45. The van der Waals surface area contributed by atoms with Crippen molar-refractivity contribution in [1.29, 1.82) is 0 Å². The molecule has 1 aromatic carbocycles. The molecule has 8 heteroatoms. The second-order valence-electron chi connectivity index (χ2n) is 7.10. The second kappa shape index (κ2) is 8.44. The number of carbonyl (C=O) groups is 1. The minimum absolute atomic E-state index is 0.0463. The molecular weight excluding hydrogens is 382 g/mol. The molecule has 2 N–H and O–H groups in total. The summed E-state index contributed by atoms with van der Waals surface area (Å²) < 4.78 is 11.1. The summed E-state index contributed by atoms with van der Waals surface area (Å²) in [6.45, 7) is 5.25. The van der Waals surface area contributed by atoms with Gasteiger partial charge < -0.3 is 19.4 Å². The van der Waals surface area contributed by atoms with E-state index in [1.807, 2.05) is 31.2 Å². The van der Waals surface area contributed by atoms with Gasteiger partial charge in [-0.3, -0.25) is 10.1 Å². The Morgan fingerprint density at radius 1 is 1.37 bits per heavy atom. The van der Waals surface area contributed by atoms with Crippen molar-refractivity contribution >= 4 is 23.0 Å². The van der Waals surface area contributed by atoms with Gasteiger partial charge in [0.25, 0.3) is 0 Å². The number of hydrogen-bond donors (Lipinski definition) is 2. The highest BCUT2D eigenvalue weighted by atomic mass is 16.5. The number of nitrogens with zero attached hydrogens (tertiary/aromatic N) is 3. The Labute approximate surface area is 174 Å². The Morgan fingerprint density at radius 3 is 3.00 bits per heavy atom. The molecule has 0 saturated heterocycles. The molecule has 1 amide bonds. The normalized spacial score (nSPS) is 14.1. The molecule has 2 aromatic heterocycles. The van der Waals surface area contributed by atoms with Crippen molar-refractivity contribution in [3.63, 3.8) is 0 Å². The number of hydrogen-bond acceptors (Lipinski definition) is 6. The third-order valence-corrected chi connectivity index (χ3v) is 5.01. The molecule has 0 saturated carbocycles. The van der Waals surface area contributed by atoms with Crippen LogP contribution in [-0.4, -0.2) is 46.0 Å². The largest absolute Gasteiger partial charge is 0.491 e. The van der Waals surface area contributed by atoms with Crippen LogP contribution in [-0.2, 0) is 16.1 Å². The molecule has 156 valence electrons. The zero-order chi connectivity index (χ0) is 21.1. The molecule has 3 aromatic rings. The van der Waals surface area contributed by atoms with E-state index < -0.39 is 0 Å². The van der Waals surface area contributed by atoms with Gasteiger partial charge in [0.2, 0.25) is 11.9 Å². The Balaban J connectivity index is 1.63. The third-order valence-electron chi connectivity index (χ3n) is 5.01. The van der Waals surface area contributed by atoms with E-state index in [2.05, 4.69) is 26.3 Å². The van der Waals surface area contributed by atoms with E-state index in [1.165, 1.54) is 0 Å². The van der Waals surface area contributed by atoms with Gasteiger partial charge in [0.1, 0.15) is 12.4 Å². The minimum atomic E-state index is 0.0463. The van der Waals surface area contributed by atoms with Gasteiger partial charge in [0.05, 0.1) is 19.2 Å². The molecule has 1 aliphatic heterocycles. The molecule has 0 fully saturated rings. The average Bonchev–Trinajstić information content (AvgIpc) is 3.01. The Morgan fingerprint density at radius 2 is 2.23 bits per heavy atom. The molecule has 0 unspecified atom stereocenters. The van der Waals surface area contributed by atoms with E-state index in [0.29, 0.717) is 37.2 Å². The van der Waals surface area contributed by atoms with Crippen LogP contribution in [0.4, 0.5) is 5.95 Å². The van der Waals surface area contributed by atoms with Crippen LogP contribution in [0.3, 0.4) is 0 Å². The van der Waals surface area contributed by atoms with Gasteiger partial charge in [-0.2, -0.15) is 4.98 Å². The highest BCUT2D eigenvalue weighted by Crippen LogP contribution is 2.30. The predicted octanol–water partition coefficient (Wildman–Crippen LogP) is 3.68. The van der Waals surface area contributed by atoms with Gasteiger partial charge >= 0.3 is 0 Å². The number of imidazole rings is 1. The number of aromatic nitrogens is 3. The quantitative estimate of drug-likeness (QED) is 0.627. The lowest BCUT2D eigenvalue weighted by molar-refractivity contribution is -0.129. The monoisotopic (exact) mass is 407 g/mol. The summed E-state index contributed by atoms with van der Waals surface area (Å²) in [5, 5.41) is 3.12. The molecule has 30 heavy (non-hydrogen) atoms. The van der Waals surface area contributed by atoms with E-state index in [4.69, 9.17) is 9.47 Å². The molecule has 0 bridgehead atoms. The topological polar surface area (TPSA) is 92.4 Å². The van der Waals surface area contributed by atoms with Crippen LogP contribution in [0.1, 0.15) is 25.8 Å². The summed E-state index contributed by atoms with van der Waals surface area (Å²) in [5.41, 5.74) is 4.38. The summed E-state index contributed by atoms with van der Waals surface area (Å²) in [7, 11) is 1.61. The summed E-state index contributed by atoms with van der Waals surface area (Å²) in [5.74, 6) is 2.07. The maximum atomic E-state index is 11.8. The smallest absolute Gasteiger partial charge is 0.219 e. The van der Waals surface area contributed by atoms with Crippen LogP contribution in [0.25, 0.3) is 22.3 Å². The van der Waals surface area contributed by atoms with Gasteiger partial charge in [-0.25, -0.2) is 4.98 Å². The summed E-state index contributed by atoms with van der Waals surface area (Å²) >= 11 is 0. The highest BCUT2D eigenvalue weighted by molar-refractivity contribution is 5.80. The molecule has 0 spiro atoms. The number of methoxy groups -OCH3 is 1. The molecule has 8 nitrogen and oxygen atoms in total. The van der Waals surface area contributed by atoms with Gasteiger partial charge in [-0.15, -0.1) is 0 Å². The molecule has 1 aliphatic rings. The standard InChI is InChI=1S/C22H25N5O3/c1-4-5-20(29-3)25-22-24-18-11-16(12-23-21(18)26-22)15-6-7-19-17(10-15)13-27(14(2)28)8-9-30-19/h5-7,10-12H,4,8-9,13H2,1-3H3,(H2,23,24,25,26)/b20-5-. The average molecular weight is 407 g/mol. The van der Waals surface area contributed by atoms with E-state index in [0.717, 1.165) is 34.4 Å². The van der Waals surface area contributed by atoms with Crippen molar-refractivity contribution in [2.75, 3.05) is 25.6 Å². The first-order valence-electron chi connectivity index (χ1n) is 9.96. The van der Waals surface area contributed by atoms with Crippen LogP contribution in [0.2, 0.25) is 0 Å². The van der Waals surface area contributed by atoms with E-state index in [9.17, 15) is 4.79 Å². The number of carbonyl (C=O) groups excluding carboxylic acids is 1. The highest BCUT2D eigenvalue weighted by Gasteiger charge is 2.18. The predicted molar refractivity (Wildman–Crippen MR) is 115 cm³/mol. The molecule has 0 radical (unpaired) electrons. The number of rotatable bonds is 5. The van der Waals surface area contributed by atoms with Crippen molar-refractivity contribution in [3.8, 4) is 16.9 Å². The maximum Gasteiger partial charge on any atom is 0.219 e. The number of allylic oxidation sites excluding steroid dienone is 1. The first kappa shape index (κ1) is 19.8. The molecule has 3 heterocycles. The number of aromatic amines is 1. The van der Waals surface area contributed by atoms with Crippen LogP contribution in [0.15, 0.2) is 42.4 Å². The first-order valence-corrected chi connectivity index (χ1v) is 9.96. The van der Waals surface area contributed by atoms with Crippen molar-refractivity contribution in [1.82, 2.24) is 19.9 Å². The van der Waals surface area contributed by atoms with Crippen LogP contribution < -0.4 is 10.1 Å². The summed E-state index contributed by atoms with van der Waals surface area (Å²) in [4.78, 5) is 25.8. The SMILES string of the molecule is CC/C=C(/Nc1nc2ncc(-c3ccc4c(c3)CN(C(C)=O)CCO4)cc2[nH]1)OC. The van der Waals surface area contributed by atoms with Crippen LogP contribution >= 0.6 is 0 Å². The maximum absolute atomic E-state index is 11.8. The molecule has 0 aliphatic carbocycles. The molecule has 0 atom stereocenters. The Hall–Kier alpha value is -3.55. The fourth-order valence-corrected chi connectivity index (χ4v) is 3.45. The number of benzene rings is 1. The number of nitrogens with one attached hydrogen (secondary N) is 2. The van der Waals surface area contributed by atoms with Gasteiger partial charge in [-0.1, -0.05) is 13.0 Å². The van der Waals surface area contributed by atoms with Crippen molar-refractivity contribution in [2.24, 2.45) is 0 Å². The Kier molecular flexibility index (Phi) is 5.56. The first-order chi connectivity index (χ1) is 14.6. The zero-order valence-corrected chi connectivity index (χ0v) is 17.4. The van der Waals surface area contributed by atoms with Crippen molar-refractivity contribution in [3.05, 3.63) is 48.0 Å². The number of ether oxygens (including phenoxy) is 2. The van der Waals surface area contributed by atoms with E-state index in [1.54, 1.807) is 25.1 Å². The van der Waals surface area contributed by atoms with E-state index >= 15 is 0 Å². The van der Waals surface area contributed by atoms with Gasteiger partial charge in [0, 0.05) is 30.8 Å². The number of pyridine rings is 1. The minimum Gasteiger partial charge on any atom is -0.491 e. The number of H-pyrrole nitrogens is 1. The Bertz CT molecular complexity index is 1110. The summed E-state index contributed by atoms with van der Waals surface area (Å²) in [6, 6.07) is 8.03. The fraction of sp³-hybridized carbons (Fsp3) is 0.318. The lowest BCUT2D eigenvalue weighted by atomic mass is 10.0. The van der Waals surface area contributed by atoms with Crippen LogP contribution in [0.5, 0.6) is 5.75 Å². The second-order valence-corrected chi connectivity index (χ2v) is 7.10. The molecule has 4 rings (SSSR count). The third kappa shape index (κ3) is 4.07. The van der Waals surface area contributed by atoms with Gasteiger partial charge in [0.15, 0.2) is 11.5 Å². The van der Waals surface area contributed by atoms with E-state index in [-0.39, 0.29) is 5.91 Å². The van der Waals surface area contributed by atoms with Crippen LogP contribution in [0, 0.1) is 0 Å². The number of amides is 1. The molecular formula is C22H25N5O3. The summed E-state index contributed by atoms with van der Waals surface area (Å²) in [6.07, 6.45) is 4.59. The number of fused-ring (bicyclic) bond motifs is 2. The van der Waals surface area contributed by atoms with Crippen molar-refractivity contribution in [2.45, 2.75) is 26.8 Å².